The number of unbranched alkanes of at least 4 members (excludes halogenated alkanes) is 2. The smallest absolute Gasteiger partial charge is 0.106 e. The van der Waals surface area contributed by atoms with Crippen molar-refractivity contribution in [3.8, 4) is 33.4 Å². The highest BCUT2D eigenvalue weighted by molar-refractivity contribution is 6.31. The van der Waals surface area contributed by atoms with Gasteiger partial charge >= 0.3 is 0 Å². The lowest BCUT2D eigenvalue weighted by Gasteiger charge is -2.39. The van der Waals surface area contributed by atoms with E-state index in [1.807, 2.05) is 24.3 Å². The standard InChI is InChI=1S/C42H40Cl2N/c1-3-5-23-45(24-6-4-2)27-39-37(29-15-19-33(43)20-16-29)25-31-11-7-9-13-35(31)41(39)42-36-14-10-8-12-32(36)26-38(40(42)28-45)30-17-21-34(44)22-18-30/h7-22,25-26H,3-6,23-24,27-28H2,1-2H3/q+1. The molecule has 0 saturated carbocycles. The van der Waals surface area contributed by atoms with Crippen LogP contribution in [0.1, 0.15) is 50.7 Å². The van der Waals surface area contributed by atoms with Crippen molar-refractivity contribution >= 4 is 44.7 Å². The number of rotatable bonds is 8. The number of quaternary nitrogens is 1. The first-order chi connectivity index (χ1) is 22.0. The van der Waals surface area contributed by atoms with Gasteiger partial charge in [-0.05, 0) is 93.0 Å². The maximum atomic E-state index is 6.43. The summed E-state index contributed by atoms with van der Waals surface area (Å²) in [5.41, 5.74) is 10.8. The predicted octanol–water partition coefficient (Wildman–Crippen LogP) is 12.7. The van der Waals surface area contributed by atoms with Crippen molar-refractivity contribution in [3.63, 3.8) is 0 Å². The molecule has 1 nitrogen and oxygen atoms in total. The second-order valence-electron chi connectivity index (χ2n) is 12.8. The Morgan fingerprint density at radius 1 is 0.533 bits per heavy atom. The number of halogens is 2. The normalized spacial score (nSPS) is 13.9. The van der Waals surface area contributed by atoms with E-state index in [0.29, 0.717) is 0 Å². The molecule has 3 heteroatoms. The van der Waals surface area contributed by atoms with Crippen molar-refractivity contribution in [2.45, 2.75) is 52.6 Å². The van der Waals surface area contributed by atoms with Crippen molar-refractivity contribution in [1.82, 2.24) is 0 Å². The Morgan fingerprint density at radius 2 is 0.933 bits per heavy atom. The zero-order valence-electron chi connectivity index (χ0n) is 26.3. The van der Waals surface area contributed by atoms with Gasteiger partial charge in [-0.15, -0.1) is 0 Å². The molecule has 0 saturated heterocycles. The summed E-state index contributed by atoms with van der Waals surface area (Å²) in [6.45, 7) is 8.98. The molecule has 6 aromatic rings. The highest BCUT2D eigenvalue weighted by Gasteiger charge is 2.37. The Kier molecular flexibility index (Phi) is 8.44. The molecule has 7 rings (SSSR count). The largest absolute Gasteiger partial charge is 0.316 e. The summed E-state index contributed by atoms with van der Waals surface area (Å²) in [5, 5.41) is 6.74. The van der Waals surface area contributed by atoms with Gasteiger partial charge in [0.1, 0.15) is 13.1 Å². The zero-order chi connectivity index (χ0) is 31.0. The second-order valence-corrected chi connectivity index (χ2v) is 13.7. The molecule has 0 spiro atoms. The van der Waals surface area contributed by atoms with Crippen LogP contribution in [0.25, 0.3) is 54.9 Å². The molecule has 6 aromatic carbocycles. The highest BCUT2D eigenvalue weighted by Crippen LogP contribution is 2.50. The van der Waals surface area contributed by atoms with Gasteiger partial charge in [-0.1, -0.05) is 123 Å². The van der Waals surface area contributed by atoms with E-state index < -0.39 is 0 Å². The number of hydrogen-bond acceptors (Lipinski definition) is 0. The predicted molar refractivity (Wildman–Crippen MR) is 195 cm³/mol. The first-order valence-corrected chi connectivity index (χ1v) is 17.2. The molecule has 45 heavy (non-hydrogen) atoms. The van der Waals surface area contributed by atoms with Crippen molar-refractivity contribution in [3.05, 3.63) is 130 Å². The van der Waals surface area contributed by atoms with Crippen LogP contribution in [-0.4, -0.2) is 17.6 Å². The molecule has 0 aromatic heterocycles. The molecule has 0 radical (unpaired) electrons. The van der Waals surface area contributed by atoms with Crippen molar-refractivity contribution < 1.29 is 4.48 Å². The van der Waals surface area contributed by atoms with Gasteiger partial charge in [0.05, 0.1) is 13.1 Å². The fourth-order valence-corrected chi connectivity index (χ4v) is 7.85. The second kappa shape index (κ2) is 12.6. The molecule has 0 bridgehead atoms. The Hall–Kier alpha value is -3.62. The van der Waals surface area contributed by atoms with E-state index in [1.54, 1.807) is 0 Å². The summed E-state index contributed by atoms with van der Waals surface area (Å²) in [6.07, 6.45) is 4.80. The third kappa shape index (κ3) is 5.67. The summed E-state index contributed by atoms with van der Waals surface area (Å²) in [7, 11) is 0. The number of nitrogens with zero attached hydrogens (tertiary/aromatic N) is 1. The Morgan fingerprint density at radius 3 is 1.33 bits per heavy atom. The van der Waals surface area contributed by atoms with E-state index in [-0.39, 0.29) is 0 Å². The molecular weight excluding hydrogens is 589 g/mol. The molecule has 1 aliphatic heterocycles. The summed E-state index contributed by atoms with van der Waals surface area (Å²) < 4.78 is 1.06. The first-order valence-electron chi connectivity index (χ1n) is 16.5. The number of benzene rings is 6. The topological polar surface area (TPSA) is 0 Å². The van der Waals surface area contributed by atoms with E-state index in [1.165, 1.54) is 91.7 Å². The quantitative estimate of drug-likeness (QED) is 0.147. The fourth-order valence-electron chi connectivity index (χ4n) is 7.60. The molecule has 0 amide bonds. The lowest BCUT2D eigenvalue weighted by Crippen LogP contribution is -2.47. The first kappa shape index (κ1) is 30.1. The summed E-state index contributed by atoms with van der Waals surface area (Å²) in [6, 6.07) is 39.8. The van der Waals surface area contributed by atoms with Crippen LogP contribution >= 0.6 is 23.2 Å². The molecule has 0 atom stereocenters. The minimum Gasteiger partial charge on any atom is -0.316 e. The van der Waals surface area contributed by atoms with Crippen LogP contribution in [0.2, 0.25) is 10.0 Å². The Labute approximate surface area is 277 Å². The minimum absolute atomic E-state index is 0.769. The molecule has 226 valence electrons. The van der Waals surface area contributed by atoms with Crippen LogP contribution in [0.3, 0.4) is 0 Å². The fraction of sp³-hybridized carbons (Fsp3) is 0.238. The molecule has 1 heterocycles. The highest BCUT2D eigenvalue weighted by atomic mass is 35.5. The van der Waals surface area contributed by atoms with E-state index in [9.17, 15) is 0 Å². The lowest BCUT2D eigenvalue weighted by molar-refractivity contribution is -0.953. The number of hydrogen-bond donors (Lipinski definition) is 0. The SMILES string of the molecule is CCCC[N+]1(CCCC)Cc2c(-c3ccc(Cl)cc3)cc3ccccc3c2-c2c(c(-c3ccc(Cl)cc3)cc3ccccc23)C1. The molecule has 0 fully saturated rings. The minimum atomic E-state index is 0.769. The van der Waals surface area contributed by atoms with E-state index in [0.717, 1.165) is 40.7 Å². The van der Waals surface area contributed by atoms with Crippen molar-refractivity contribution in [2.24, 2.45) is 0 Å². The molecule has 0 unspecified atom stereocenters. The van der Waals surface area contributed by atoms with Crippen molar-refractivity contribution in [2.75, 3.05) is 13.1 Å². The summed E-state index contributed by atoms with van der Waals surface area (Å²) >= 11 is 12.9. The maximum Gasteiger partial charge on any atom is 0.106 e. The average molecular weight is 630 g/mol. The molecule has 0 aliphatic carbocycles. The Bertz CT molecular complexity index is 1840. The van der Waals surface area contributed by atoms with Gasteiger partial charge in [0.15, 0.2) is 0 Å². The zero-order valence-corrected chi connectivity index (χ0v) is 27.8. The van der Waals surface area contributed by atoms with Gasteiger partial charge in [-0.2, -0.15) is 0 Å². The van der Waals surface area contributed by atoms with E-state index >= 15 is 0 Å². The van der Waals surface area contributed by atoms with Crippen LogP contribution in [-0.2, 0) is 13.1 Å². The molecule has 0 N–H and O–H groups in total. The van der Waals surface area contributed by atoms with Gasteiger partial charge < -0.3 is 4.48 Å². The monoisotopic (exact) mass is 628 g/mol. The lowest BCUT2D eigenvalue weighted by atomic mass is 9.82. The molecule has 1 aliphatic rings. The van der Waals surface area contributed by atoms with Crippen molar-refractivity contribution in [1.29, 1.82) is 0 Å². The molecular formula is C42H40Cl2N+. The summed E-state index contributed by atoms with van der Waals surface area (Å²) in [5.74, 6) is 0. The van der Waals surface area contributed by atoms with Crippen LogP contribution in [0.5, 0.6) is 0 Å². The van der Waals surface area contributed by atoms with Crippen LogP contribution in [0, 0.1) is 0 Å². The third-order valence-electron chi connectivity index (χ3n) is 9.83. The maximum absolute atomic E-state index is 6.43. The van der Waals surface area contributed by atoms with Gasteiger partial charge in [0, 0.05) is 32.3 Å². The van der Waals surface area contributed by atoms with Gasteiger partial charge in [-0.3, -0.25) is 0 Å². The van der Waals surface area contributed by atoms with Gasteiger partial charge in [0.2, 0.25) is 0 Å². The van der Waals surface area contributed by atoms with Crippen LogP contribution in [0.15, 0.2) is 109 Å². The van der Waals surface area contributed by atoms with E-state index in [2.05, 4.69) is 98.8 Å². The van der Waals surface area contributed by atoms with E-state index in [4.69, 9.17) is 23.2 Å². The third-order valence-corrected chi connectivity index (χ3v) is 10.3. The summed E-state index contributed by atoms with van der Waals surface area (Å²) in [4.78, 5) is 0. The van der Waals surface area contributed by atoms with Gasteiger partial charge in [-0.25, -0.2) is 0 Å². The van der Waals surface area contributed by atoms with Gasteiger partial charge in [0.25, 0.3) is 0 Å². The van der Waals surface area contributed by atoms with Crippen LogP contribution < -0.4 is 0 Å². The number of fused-ring (bicyclic) bond motifs is 7. The Balaban J connectivity index is 1.67. The average Bonchev–Trinajstić information content (AvgIpc) is 3.22. The van der Waals surface area contributed by atoms with Crippen LogP contribution in [0.4, 0.5) is 0 Å².